The van der Waals surface area contributed by atoms with Crippen molar-refractivity contribution in [1.29, 1.82) is 0 Å². The molecule has 1 aliphatic rings. The van der Waals surface area contributed by atoms with Gasteiger partial charge in [-0.1, -0.05) is 13.8 Å². The number of amides is 2. The molecule has 1 aliphatic heterocycles. The molecule has 8 nitrogen and oxygen atoms in total. The van der Waals surface area contributed by atoms with Gasteiger partial charge in [0, 0.05) is 20.6 Å². The summed E-state index contributed by atoms with van der Waals surface area (Å²) in [6.45, 7) is 8.54. The number of hydrogen-bond acceptors (Lipinski definition) is 5. The molecule has 0 aromatic carbocycles. The lowest BCUT2D eigenvalue weighted by molar-refractivity contribution is -0.121. The summed E-state index contributed by atoms with van der Waals surface area (Å²) in [4.78, 5) is 34.6. The summed E-state index contributed by atoms with van der Waals surface area (Å²) in [5, 5.41) is 2.92. The highest BCUT2D eigenvalue weighted by Crippen LogP contribution is 2.23. The monoisotopic (exact) mass is 336 g/mol. The summed E-state index contributed by atoms with van der Waals surface area (Å²) in [5.74, 6) is 0.431. The van der Waals surface area contributed by atoms with Crippen LogP contribution in [0, 0.1) is 0 Å². The van der Waals surface area contributed by atoms with Crippen molar-refractivity contribution >= 4 is 17.6 Å². The van der Waals surface area contributed by atoms with Gasteiger partial charge in [-0.3, -0.25) is 9.59 Å². The van der Waals surface area contributed by atoms with Gasteiger partial charge in [-0.25, -0.2) is 4.98 Å². The molecule has 1 aromatic heterocycles. The van der Waals surface area contributed by atoms with Gasteiger partial charge in [-0.2, -0.15) is 0 Å². The zero-order chi connectivity index (χ0) is 17.7. The molecule has 0 saturated heterocycles. The molecule has 0 fully saturated rings. The average molecular weight is 336 g/mol. The van der Waals surface area contributed by atoms with Gasteiger partial charge in [-0.15, -0.1) is 0 Å². The van der Waals surface area contributed by atoms with Gasteiger partial charge in [0.25, 0.3) is 5.91 Å². The topological polar surface area (TPSA) is 73.7 Å². The maximum Gasteiger partial charge on any atom is 0.275 e. The molecule has 24 heavy (non-hydrogen) atoms. The summed E-state index contributed by atoms with van der Waals surface area (Å²) in [5.41, 5.74) is 0.476. The Balaban J connectivity index is 1.88. The van der Waals surface area contributed by atoms with Crippen LogP contribution in [0.15, 0.2) is 6.33 Å². The SMILES string of the molecule is CCN(CC)CCCNC(=O)Cn1cnc2c1C(=O)N(C)CN2C. The van der Waals surface area contributed by atoms with E-state index in [0.29, 0.717) is 24.7 Å². The minimum Gasteiger partial charge on any atom is -0.355 e. The first-order chi connectivity index (χ1) is 11.5. The van der Waals surface area contributed by atoms with E-state index < -0.39 is 0 Å². The number of carbonyl (C=O) groups excluding carboxylic acids is 2. The molecule has 134 valence electrons. The number of imidazole rings is 1. The number of nitrogens with zero attached hydrogens (tertiary/aromatic N) is 5. The first-order valence-electron chi connectivity index (χ1n) is 8.48. The summed E-state index contributed by atoms with van der Waals surface area (Å²) in [6.07, 6.45) is 2.48. The molecule has 0 atom stereocenters. The van der Waals surface area contributed by atoms with Crippen LogP contribution in [0.4, 0.5) is 5.82 Å². The van der Waals surface area contributed by atoms with Crippen molar-refractivity contribution in [2.24, 2.45) is 0 Å². The largest absolute Gasteiger partial charge is 0.355 e. The van der Waals surface area contributed by atoms with Gasteiger partial charge >= 0.3 is 0 Å². The van der Waals surface area contributed by atoms with E-state index in [-0.39, 0.29) is 18.4 Å². The van der Waals surface area contributed by atoms with Crippen LogP contribution >= 0.6 is 0 Å². The Hall–Kier alpha value is -2.09. The van der Waals surface area contributed by atoms with E-state index in [4.69, 9.17) is 0 Å². The molecule has 0 unspecified atom stereocenters. The third-order valence-electron chi connectivity index (χ3n) is 4.34. The van der Waals surface area contributed by atoms with Crippen molar-refractivity contribution < 1.29 is 9.59 Å². The highest BCUT2D eigenvalue weighted by molar-refractivity contribution is 5.99. The Labute approximate surface area is 143 Å². The second-order valence-electron chi connectivity index (χ2n) is 6.12. The Bertz CT molecular complexity index is 581. The van der Waals surface area contributed by atoms with Crippen molar-refractivity contribution in [3.63, 3.8) is 0 Å². The number of rotatable bonds is 8. The predicted octanol–water partition coefficient (Wildman–Crippen LogP) is 0.211. The molecule has 2 heterocycles. The van der Waals surface area contributed by atoms with Gasteiger partial charge in [0.05, 0.1) is 13.0 Å². The number of fused-ring (bicyclic) bond motifs is 1. The number of hydrogen-bond donors (Lipinski definition) is 1. The first-order valence-corrected chi connectivity index (χ1v) is 8.48. The number of anilines is 1. The quantitative estimate of drug-likeness (QED) is 0.687. The Morgan fingerprint density at radius 3 is 2.67 bits per heavy atom. The summed E-state index contributed by atoms with van der Waals surface area (Å²) in [7, 11) is 3.62. The zero-order valence-corrected chi connectivity index (χ0v) is 15.1. The fourth-order valence-electron chi connectivity index (χ4n) is 2.90. The lowest BCUT2D eigenvalue weighted by Gasteiger charge is -2.30. The molecular weight excluding hydrogens is 308 g/mol. The van der Waals surface area contributed by atoms with Crippen LogP contribution in [-0.2, 0) is 11.3 Å². The van der Waals surface area contributed by atoms with Crippen LogP contribution < -0.4 is 10.2 Å². The highest BCUT2D eigenvalue weighted by atomic mass is 16.2. The van der Waals surface area contributed by atoms with Crippen molar-refractivity contribution in [3.8, 4) is 0 Å². The van der Waals surface area contributed by atoms with E-state index in [1.807, 2.05) is 11.9 Å². The molecule has 2 amide bonds. The molecule has 1 N–H and O–H groups in total. The smallest absolute Gasteiger partial charge is 0.275 e. The molecule has 2 rings (SSSR count). The maximum atomic E-state index is 12.3. The molecule has 0 spiro atoms. The Kier molecular flexibility index (Phi) is 6.19. The van der Waals surface area contributed by atoms with Crippen LogP contribution in [0.2, 0.25) is 0 Å². The van der Waals surface area contributed by atoms with Crippen LogP contribution in [0.5, 0.6) is 0 Å². The second-order valence-corrected chi connectivity index (χ2v) is 6.12. The van der Waals surface area contributed by atoms with E-state index in [1.54, 1.807) is 22.8 Å². The zero-order valence-electron chi connectivity index (χ0n) is 15.1. The third-order valence-corrected chi connectivity index (χ3v) is 4.34. The molecule has 0 aliphatic carbocycles. The van der Waals surface area contributed by atoms with E-state index in [2.05, 4.69) is 29.0 Å². The highest BCUT2D eigenvalue weighted by Gasteiger charge is 2.30. The van der Waals surface area contributed by atoms with E-state index in [1.165, 1.54) is 0 Å². The number of carbonyl (C=O) groups is 2. The molecule has 0 radical (unpaired) electrons. The summed E-state index contributed by atoms with van der Waals surface area (Å²) >= 11 is 0. The summed E-state index contributed by atoms with van der Waals surface area (Å²) in [6, 6.07) is 0. The minimum atomic E-state index is -0.102. The predicted molar refractivity (Wildman–Crippen MR) is 93.0 cm³/mol. The van der Waals surface area contributed by atoms with Crippen LogP contribution in [-0.4, -0.2) is 78.1 Å². The van der Waals surface area contributed by atoms with Crippen LogP contribution in [0.1, 0.15) is 30.8 Å². The summed E-state index contributed by atoms with van der Waals surface area (Å²) < 4.78 is 1.63. The standard InChI is InChI=1S/C16H28N6O2/c1-5-21(6-2)9-7-8-17-13(23)10-22-11-18-15-14(22)16(24)20(4)12-19(15)3/h11H,5-10,12H2,1-4H3,(H,17,23). The van der Waals surface area contributed by atoms with Gasteiger partial charge < -0.3 is 24.6 Å². The average Bonchev–Trinajstić information content (AvgIpc) is 2.97. The lowest BCUT2D eigenvalue weighted by Crippen LogP contribution is -2.44. The van der Waals surface area contributed by atoms with Crippen molar-refractivity contribution in [3.05, 3.63) is 12.0 Å². The van der Waals surface area contributed by atoms with Gasteiger partial charge in [0.15, 0.2) is 11.5 Å². The first kappa shape index (κ1) is 18.3. The van der Waals surface area contributed by atoms with E-state index in [9.17, 15) is 9.59 Å². The molecule has 0 bridgehead atoms. The molecule has 1 aromatic rings. The van der Waals surface area contributed by atoms with Gasteiger partial charge in [0.1, 0.15) is 6.54 Å². The Morgan fingerprint density at radius 1 is 1.29 bits per heavy atom. The van der Waals surface area contributed by atoms with Crippen molar-refractivity contribution in [2.75, 3.05) is 51.8 Å². The minimum absolute atomic E-state index is 0.0987. The second kappa shape index (κ2) is 8.14. The van der Waals surface area contributed by atoms with Crippen LogP contribution in [0.25, 0.3) is 0 Å². The Morgan fingerprint density at radius 2 is 2.00 bits per heavy atom. The lowest BCUT2D eigenvalue weighted by atomic mass is 10.3. The molecule has 8 heteroatoms. The maximum absolute atomic E-state index is 12.3. The van der Waals surface area contributed by atoms with E-state index in [0.717, 1.165) is 26.1 Å². The van der Waals surface area contributed by atoms with Crippen LogP contribution in [0.3, 0.4) is 0 Å². The normalized spacial score (nSPS) is 14.3. The molecular formula is C16H28N6O2. The van der Waals surface area contributed by atoms with Gasteiger partial charge in [-0.05, 0) is 26.1 Å². The van der Waals surface area contributed by atoms with Crippen molar-refractivity contribution in [1.82, 2.24) is 24.7 Å². The van der Waals surface area contributed by atoms with Crippen molar-refractivity contribution in [2.45, 2.75) is 26.8 Å². The number of aromatic nitrogens is 2. The number of nitrogens with one attached hydrogen (secondary N) is 1. The van der Waals surface area contributed by atoms with E-state index >= 15 is 0 Å². The fraction of sp³-hybridized carbons (Fsp3) is 0.688. The van der Waals surface area contributed by atoms with Gasteiger partial charge in [0.2, 0.25) is 5.91 Å². The third kappa shape index (κ3) is 4.05. The molecule has 0 saturated carbocycles. The fourth-order valence-corrected chi connectivity index (χ4v) is 2.90.